The van der Waals surface area contributed by atoms with Crippen LogP contribution in [-0.4, -0.2) is 16.3 Å². The van der Waals surface area contributed by atoms with E-state index in [0.717, 1.165) is 24.0 Å². The van der Waals surface area contributed by atoms with Gasteiger partial charge in [0, 0.05) is 6.54 Å². The summed E-state index contributed by atoms with van der Waals surface area (Å²) >= 11 is 6.31. The highest BCUT2D eigenvalue weighted by molar-refractivity contribution is 6.31. The summed E-state index contributed by atoms with van der Waals surface area (Å²) in [7, 11) is 0. The lowest BCUT2D eigenvalue weighted by Crippen LogP contribution is -2.29. The molecule has 1 aliphatic rings. The smallest absolute Gasteiger partial charge is 0.0834 e. The van der Waals surface area contributed by atoms with Crippen molar-refractivity contribution in [2.24, 2.45) is 5.92 Å². The predicted octanol–water partition coefficient (Wildman–Crippen LogP) is 3.40. The topological polar surface area (TPSA) is 29.9 Å². The molecular formula is C13H22ClN3. The van der Waals surface area contributed by atoms with Gasteiger partial charge in [-0.3, -0.25) is 4.68 Å². The van der Waals surface area contributed by atoms with E-state index in [0.29, 0.717) is 6.04 Å². The molecule has 1 atom stereocenters. The Labute approximate surface area is 109 Å². The first-order valence-corrected chi connectivity index (χ1v) is 7.10. The van der Waals surface area contributed by atoms with E-state index in [1.807, 2.05) is 4.68 Å². The zero-order valence-electron chi connectivity index (χ0n) is 10.7. The van der Waals surface area contributed by atoms with Crippen LogP contribution in [0.5, 0.6) is 0 Å². The number of nitrogens with one attached hydrogen (secondary N) is 1. The van der Waals surface area contributed by atoms with Crippen LogP contribution < -0.4 is 5.32 Å². The van der Waals surface area contributed by atoms with Crippen LogP contribution >= 0.6 is 11.6 Å². The zero-order valence-corrected chi connectivity index (χ0v) is 11.5. The molecule has 1 saturated carbocycles. The third-order valence-corrected chi connectivity index (χ3v) is 4.01. The summed E-state index contributed by atoms with van der Waals surface area (Å²) in [4.78, 5) is 0. The first-order valence-electron chi connectivity index (χ1n) is 6.72. The normalized spacial score (nSPS) is 18.8. The van der Waals surface area contributed by atoms with Gasteiger partial charge in [-0.1, -0.05) is 31.4 Å². The molecule has 0 spiro atoms. The van der Waals surface area contributed by atoms with Crippen molar-refractivity contribution in [3.63, 3.8) is 0 Å². The summed E-state index contributed by atoms with van der Waals surface area (Å²) in [6.07, 6.45) is 7.10. The molecule has 0 bridgehead atoms. The largest absolute Gasteiger partial charge is 0.309 e. The number of aromatic nitrogens is 2. The van der Waals surface area contributed by atoms with Crippen LogP contribution in [-0.2, 0) is 6.54 Å². The van der Waals surface area contributed by atoms with E-state index < -0.39 is 0 Å². The third-order valence-electron chi connectivity index (χ3n) is 3.72. The summed E-state index contributed by atoms with van der Waals surface area (Å²) in [5.41, 5.74) is 1.18. The first kappa shape index (κ1) is 12.9. The Kier molecular flexibility index (Phi) is 4.46. The lowest BCUT2D eigenvalue weighted by molar-refractivity contribution is 0.352. The van der Waals surface area contributed by atoms with Crippen LogP contribution in [0.3, 0.4) is 0 Å². The summed E-state index contributed by atoms with van der Waals surface area (Å²) < 4.78 is 2.04. The molecule has 1 aromatic rings. The van der Waals surface area contributed by atoms with Gasteiger partial charge in [-0.2, -0.15) is 5.10 Å². The number of rotatable bonds is 5. The highest BCUT2D eigenvalue weighted by Gasteiger charge is 2.29. The van der Waals surface area contributed by atoms with Crippen molar-refractivity contribution in [2.45, 2.75) is 52.1 Å². The highest BCUT2D eigenvalue weighted by Crippen LogP contribution is 2.37. The molecule has 0 aliphatic heterocycles. The van der Waals surface area contributed by atoms with E-state index >= 15 is 0 Å². The van der Waals surface area contributed by atoms with Crippen LogP contribution in [0.1, 0.15) is 51.3 Å². The molecule has 0 amide bonds. The van der Waals surface area contributed by atoms with Crippen molar-refractivity contribution >= 4 is 11.6 Å². The molecule has 1 fully saturated rings. The molecular weight excluding hydrogens is 234 g/mol. The SMILES string of the molecule is CCNC(c1c(Cl)cnn1CC)C1CCCC1. The van der Waals surface area contributed by atoms with Gasteiger partial charge in [0.2, 0.25) is 0 Å². The van der Waals surface area contributed by atoms with Gasteiger partial charge in [0.1, 0.15) is 0 Å². The van der Waals surface area contributed by atoms with Gasteiger partial charge in [0.25, 0.3) is 0 Å². The van der Waals surface area contributed by atoms with Crippen molar-refractivity contribution in [1.29, 1.82) is 0 Å². The number of halogens is 1. The molecule has 1 aromatic heterocycles. The van der Waals surface area contributed by atoms with Crippen LogP contribution in [0.2, 0.25) is 5.02 Å². The second kappa shape index (κ2) is 5.87. The number of aryl methyl sites for hydroxylation is 1. The quantitative estimate of drug-likeness (QED) is 0.874. The van der Waals surface area contributed by atoms with Gasteiger partial charge in [-0.05, 0) is 32.2 Å². The molecule has 1 N–H and O–H groups in total. The Morgan fingerprint density at radius 3 is 2.76 bits per heavy atom. The maximum absolute atomic E-state index is 6.31. The van der Waals surface area contributed by atoms with Gasteiger partial charge in [-0.15, -0.1) is 0 Å². The number of hydrogen-bond acceptors (Lipinski definition) is 2. The molecule has 1 aliphatic carbocycles. The molecule has 0 aromatic carbocycles. The zero-order chi connectivity index (χ0) is 12.3. The second-order valence-corrected chi connectivity index (χ2v) is 5.18. The maximum atomic E-state index is 6.31. The Bertz CT molecular complexity index is 356. The van der Waals surface area contributed by atoms with Gasteiger partial charge in [-0.25, -0.2) is 0 Å². The van der Waals surface area contributed by atoms with E-state index in [1.165, 1.54) is 31.4 Å². The van der Waals surface area contributed by atoms with Gasteiger partial charge in [0.15, 0.2) is 0 Å². The third kappa shape index (κ3) is 2.66. The first-order chi connectivity index (χ1) is 8.27. The molecule has 1 unspecified atom stereocenters. The van der Waals surface area contributed by atoms with E-state index in [9.17, 15) is 0 Å². The van der Waals surface area contributed by atoms with E-state index in [1.54, 1.807) is 6.20 Å². The maximum Gasteiger partial charge on any atom is 0.0834 e. The van der Waals surface area contributed by atoms with Crippen molar-refractivity contribution in [3.8, 4) is 0 Å². The number of hydrogen-bond donors (Lipinski definition) is 1. The molecule has 2 rings (SSSR count). The minimum Gasteiger partial charge on any atom is -0.309 e. The van der Waals surface area contributed by atoms with Crippen LogP contribution in [0.15, 0.2) is 6.20 Å². The van der Waals surface area contributed by atoms with Crippen molar-refractivity contribution in [1.82, 2.24) is 15.1 Å². The standard InChI is InChI=1S/C13H22ClN3/c1-3-15-12(10-7-5-6-8-10)13-11(14)9-16-17(13)4-2/h9-10,12,15H,3-8H2,1-2H3. The summed E-state index contributed by atoms with van der Waals surface area (Å²) in [6.45, 7) is 6.13. The van der Waals surface area contributed by atoms with Gasteiger partial charge in [0.05, 0.1) is 23.0 Å². The fraction of sp³-hybridized carbons (Fsp3) is 0.769. The van der Waals surface area contributed by atoms with Crippen LogP contribution in [0, 0.1) is 5.92 Å². The highest BCUT2D eigenvalue weighted by atomic mass is 35.5. The lowest BCUT2D eigenvalue weighted by Gasteiger charge is -2.25. The lowest BCUT2D eigenvalue weighted by atomic mass is 9.95. The van der Waals surface area contributed by atoms with Crippen LogP contribution in [0.4, 0.5) is 0 Å². The molecule has 0 radical (unpaired) electrons. The monoisotopic (exact) mass is 255 g/mol. The van der Waals surface area contributed by atoms with Gasteiger partial charge >= 0.3 is 0 Å². The second-order valence-electron chi connectivity index (χ2n) is 4.77. The van der Waals surface area contributed by atoms with Gasteiger partial charge < -0.3 is 5.32 Å². The van der Waals surface area contributed by atoms with Crippen molar-refractivity contribution in [2.75, 3.05) is 6.54 Å². The predicted molar refractivity (Wildman–Crippen MR) is 71.3 cm³/mol. The fourth-order valence-corrected chi connectivity index (χ4v) is 3.19. The molecule has 4 heteroatoms. The van der Waals surface area contributed by atoms with Crippen LogP contribution in [0.25, 0.3) is 0 Å². The number of nitrogens with zero attached hydrogens (tertiary/aromatic N) is 2. The fourth-order valence-electron chi connectivity index (χ4n) is 2.93. The summed E-state index contributed by atoms with van der Waals surface area (Å²) in [6, 6.07) is 0.373. The Hall–Kier alpha value is -0.540. The molecule has 96 valence electrons. The van der Waals surface area contributed by atoms with Crippen molar-refractivity contribution in [3.05, 3.63) is 16.9 Å². The average molecular weight is 256 g/mol. The molecule has 0 saturated heterocycles. The van der Waals surface area contributed by atoms with E-state index in [4.69, 9.17) is 11.6 Å². The summed E-state index contributed by atoms with van der Waals surface area (Å²) in [5.74, 6) is 0.717. The minimum absolute atomic E-state index is 0.373. The average Bonchev–Trinajstić information content (AvgIpc) is 2.95. The van der Waals surface area contributed by atoms with E-state index in [-0.39, 0.29) is 0 Å². The van der Waals surface area contributed by atoms with E-state index in [2.05, 4.69) is 24.3 Å². The molecule has 17 heavy (non-hydrogen) atoms. The minimum atomic E-state index is 0.373. The molecule has 3 nitrogen and oxygen atoms in total. The Balaban J connectivity index is 2.27. The summed E-state index contributed by atoms with van der Waals surface area (Å²) in [5, 5.41) is 8.76. The Morgan fingerprint density at radius 1 is 1.47 bits per heavy atom. The Morgan fingerprint density at radius 2 is 2.18 bits per heavy atom. The molecule has 1 heterocycles. The van der Waals surface area contributed by atoms with Crippen molar-refractivity contribution < 1.29 is 0 Å².